The maximum atomic E-state index is 12.0. The maximum absolute atomic E-state index is 12.0. The van der Waals surface area contributed by atoms with Gasteiger partial charge in [0.25, 0.3) is 5.56 Å². The molecule has 0 atom stereocenters. The van der Waals surface area contributed by atoms with Gasteiger partial charge in [-0.2, -0.15) is 5.10 Å². The minimum atomic E-state index is -0.117. The summed E-state index contributed by atoms with van der Waals surface area (Å²) in [6, 6.07) is 9.76. The molecule has 2 aromatic rings. The molecule has 17 heavy (non-hydrogen) atoms. The van der Waals surface area contributed by atoms with Gasteiger partial charge in [-0.15, -0.1) is 0 Å². The van der Waals surface area contributed by atoms with Crippen LogP contribution in [0.3, 0.4) is 0 Å². The summed E-state index contributed by atoms with van der Waals surface area (Å²) in [4.78, 5) is 12.0. The van der Waals surface area contributed by atoms with Crippen LogP contribution in [0.4, 0.5) is 0 Å². The summed E-state index contributed by atoms with van der Waals surface area (Å²) in [5.74, 6) is 0.527. The van der Waals surface area contributed by atoms with E-state index in [1.807, 2.05) is 30.3 Å². The SMILES string of the molecule is COc1cnn(Cc2ccccc2)c(=O)c1C. The quantitative estimate of drug-likeness (QED) is 0.804. The van der Waals surface area contributed by atoms with Crippen molar-refractivity contribution in [3.63, 3.8) is 0 Å². The topological polar surface area (TPSA) is 44.1 Å². The van der Waals surface area contributed by atoms with Crippen molar-refractivity contribution in [2.45, 2.75) is 13.5 Å². The molecule has 0 bridgehead atoms. The molecular formula is C13H14N2O2. The van der Waals surface area contributed by atoms with E-state index < -0.39 is 0 Å². The largest absolute Gasteiger partial charge is 0.495 e. The van der Waals surface area contributed by atoms with Crippen LogP contribution in [0.15, 0.2) is 41.3 Å². The van der Waals surface area contributed by atoms with Crippen LogP contribution in [0, 0.1) is 6.92 Å². The Bertz CT molecular complexity index is 561. The Labute approximate surface area is 99.5 Å². The lowest BCUT2D eigenvalue weighted by Crippen LogP contribution is -2.25. The van der Waals surface area contributed by atoms with E-state index in [1.54, 1.807) is 13.1 Å². The fourth-order valence-electron chi connectivity index (χ4n) is 1.65. The van der Waals surface area contributed by atoms with Gasteiger partial charge in [0.2, 0.25) is 0 Å². The molecule has 0 aliphatic carbocycles. The highest BCUT2D eigenvalue weighted by molar-refractivity contribution is 5.26. The van der Waals surface area contributed by atoms with Crippen molar-refractivity contribution in [1.29, 1.82) is 0 Å². The van der Waals surface area contributed by atoms with E-state index in [0.29, 0.717) is 17.9 Å². The summed E-state index contributed by atoms with van der Waals surface area (Å²) >= 11 is 0. The van der Waals surface area contributed by atoms with Crippen molar-refractivity contribution >= 4 is 0 Å². The zero-order valence-electron chi connectivity index (χ0n) is 9.88. The van der Waals surface area contributed by atoms with E-state index in [1.165, 1.54) is 11.8 Å². The first-order valence-corrected chi connectivity index (χ1v) is 5.37. The molecule has 0 amide bonds. The average Bonchev–Trinajstić information content (AvgIpc) is 2.37. The Kier molecular flexibility index (Phi) is 3.23. The van der Waals surface area contributed by atoms with Crippen LogP contribution in [-0.2, 0) is 6.54 Å². The molecule has 2 rings (SSSR count). The first kappa shape index (κ1) is 11.4. The first-order valence-electron chi connectivity index (χ1n) is 5.37. The molecule has 0 N–H and O–H groups in total. The van der Waals surface area contributed by atoms with Crippen LogP contribution in [0.2, 0.25) is 0 Å². The van der Waals surface area contributed by atoms with Crippen LogP contribution in [0.5, 0.6) is 5.75 Å². The molecule has 1 heterocycles. The Hall–Kier alpha value is -2.10. The third kappa shape index (κ3) is 2.36. The molecule has 0 spiro atoms. The van der Waals surface area contributed by atoms with E-state index in [-0.39, 0.29) is 5.56 Å². The molecule has 0 fully saturated rings. The van der Waals surface area contributed by atoms with Gasteiger partial charge in [-0.1, -0.05) is 30.3 Å². The Morgan fingerprint density at radius 1 is 1.29 bits per heavy atom. The number of hydrogen-bond acceptors (Lipinski definition) is 3. The minimum Gasteiger partial charge on any atom is -0.495 e. The number of benzene rings is 1. The normalized spacial score (nSPS) is 10.2. The smallest absolute Gasteiger partial charge is 0.273 e. The van der Waals surface area contributed by atoms with Gasteiger partial charge in [-0.3, -0.25) is 4.79 Å². The number of methoxy groups -OCH3 is 1. The number of hydrogen-bond donors (Lipinski definition) is 0. The minimum absolute atomic E-state index is 0.117. The van der Waals surface area contributed by atoms with Gasteiger partial charge in [0, 0.05) is 0 Å². The van der Waals surface area contributed by atoms with Crippen molar-refractivity contribution < 1.29 is 4.74 Å². The fraction of sp³-hybridized carbons (Fsp3) is 0.231. The second kappa shape index (κ2) is 4.82. The Balaban J connectivity index is 2.35. The molecule has 88 valence electrons. The van der Waals surface area contributed by atoms with Gasteiger partial charge in [-0.25, -0.2) is 4.68 Å². The summed E-state index contributed by atoms with van der Waals surface area (Å²) in [7, 11) is 1.53. The number of nitrogens with zero attached hydrogens (tertiary/aromatic N) is 2. The van der Waals surface area contributed by atoms with Crippen LogP contribution in [0.25, 0.3) is 0 Å². The lowest BCUT2D eigenvalue weighted by atomic mass is 10.2. The van der Waals surface area contributed by atoms with Crippen molar-refractivity contribution in [1.82, 2.24) is 9.78 Å². The van der Waals surface area contributed by atoms with Gasteiger partial charge in [0.15, 0.2) is 0 Å². The molecule has 0 aliphatic heterocycles. The van der Waals surface area contributed by atoms with Gasteiger partial charge in [0.05, 0.1) is 25.4 Å². The molecule has 0 unspecified atom stereocenters. The van der Waals surface area contributed by atoms with Crippen molar-refractivity contribution in [2.24, 2.45) is 0 Å². The van der Waals surface area contributed by atoms with E-state index in [2.05, 4.69) is 5.10 Å². The molecule has 0 saturated heterocycles. The maximum Gasteiger partial charge on any atom is 0.273 e. The molecule has 4 heteroatoms. The molecule has 1 aromatic carbocycles. The van der Waals surface area contributed by atoms with Crippen LogP contribution < -0.4 is 10.3 Å². The summed E-state index contributed by atoms with van der Waals surface area (Å²) in [6.07, 6.45) is 1.57. The summed E-state index contributed by atoms with van der Waals surface area (Å²) in [6.45, 7) is 2.22. The summed E-state index contributed by atoms with van der Waals surface area (Å²) in [5, 5.41) is 4.08. The summed E-state index contributed by atoms with van der Waals surface area (Å²) < 4.78 is 6.49. The molecule has 0 radical (unpaired) electrons. The molecule has 1 aromatic heterocycles. The van der Waals surface area contributed by atoms with E-state index >= 15 is 0 Å². The van der Waals surface area contributed by atoms with E-state index in [4.69, 9.17) is 4.74 Å². The van der Waals surface area contributed by atoms with E-state index in [0.717, 1.165) is 5.56 Å². The lowest BCUT2D eigenvalue weighted by Gasteiger charge is -2.08. The van der Waals surface area contributed by atoms with Crippen molar-refractivity contribution in [3.8, 4) is 5.75 Å². The second-order valence-corrected chi connectivity index (χ2v) is 3.79. The van der Waals surface area contributed by atoms with Gasteiger partial charge in [-0.05, 0) is 12.5 Å². The third-order valence-corrected chi connectivity index (χ3v) is 2.63. The lowest BCUT2D eigenvalue weighted by molar-refractivity contribution is 0.403. The predicted molar refractivity (Wildman–Crippen MR) is 65.3 cm³/mol. The monoisotopic (exact) mass is 230 g/mol. The zero-order valence-corrected chi connectivity index (χ0v) is 9.88. The zero-order chi connectivity index (χ0) is 12.3. The second-order valence-electron chi connectivity index (χ2n) is 3.79. The molecule has 0 aliphatic rings. The number of aromatic nitrogens is 2. The Morgan fingerprint density at radius 2 is 2.00 bits per heavy atom. The number of rotatable bonds is 3. The van der Waals surface area contributed by atoms with Crippen LogP contribution >= 0.6 is 0 Å². The van der Waals surface area contributed by atoms with Gasteiger partial charge in [0.1, 0.15) is 5.75 Å². The highest BCUT2D eigenvalue weighted by Gasteiger charge is 2.07. The Morgan fingerprint density at radius 3 is 2.65 bits per heavy atom. The number of ether oxygens (including phenoxy) is 1. The fourth-order valence-corrected chi connectivity index (χ4v) is 1.65. The van der Waals surface area contributed by atoms with Gasteiger partial charge >= 0.3 is 0 Å². The average molecular weight is 230 g/mol. The molecular weight excluding hydrogens is 216 g/mol. The first-order chi connectivity index (χ1) is 8.22. The molecule has 0 saturated carbocycles. The van der Waals surface area contributed by atoms with Crippen molar-refractivity contribution in [3.05, 3.63) is 58.0 Å². The molecule has 4 nitrogen and oxygen atoms in total. The standard InChI is InChI=1S/C13H14N2O2/c1-10-12(17-2)8-14-15(13(10)16)9-11-6-4-3-5-7-11/h3-8H,9H2,1-2H3. The van der Waals surface area contributed by atoms with Gasteiger partial charge < -0.3 is 4.74 Å². The highest BCUT2D eigenvalue weighted by Crippen LogP contribution is 2.10. The van der Waals surface area contributed by atoms with Crippen LogP contribution in [0.1, 0.15) is 11.1 Å². The van der Waals surface area contributed by atoms with E-state index in [9.17, 15) is 4.79 Å². The summed E-state index contributed by atoms with van der Waals surface area (Å²) in [5.41, 5.74) is 1.51. The van der Waals surface area contributed by atoms with Crippen LogP contribution in [-0.4, -0.2) is 16.9 Å². The van der Waals surface area contributed by atoms with Crippen molar-refractivity contribution in [2.75, 3.05) is 7.11 Å². The third-order valence-electron chi connectivity index (χ3n) is 2.63. The highest BCUT2D eigenvalue weighted by atomic mass is 16.5. The predicted octanol–water partition coefficient (Wildman–Crippen LogP) is 1.61.